The predicted octanol–water partition coefficient (Wildman–Crippen LogP) is 0.942. The van der Waals surface area contributed by atoms with Crippen LogP contribution in [-0.4, -0.2) is 36.1 Å². The first-order valence-electron chi connectivity index (χ1n) is 4.91. The number of rotatable bonds is 0. The first-order chi connectivity index (χ1) is 5.86. The van der Waals surface area contributed by atoms with Crippen LogP contribution in [0.2, 0.25) is 0 Å². The molecule has 0 amide bonds. The van der Waals surface area contributed by atoms with Crippen LogP contribution in [0.15, 0.2) is 0 Å². The molecule has 0 saturated carbocycles. The molecule has 0 aromatic heterocycles. The molecule has 3 rings (SSSR count). The molecule has 68 valence electrons. The molecule has 3 aliphatic rings. The molecule has 3 fully saturated rings. The standard InChI is InChI=1S/C9H15NO2/c1-6-7-5-11-8-3-2-4-9(12-6)10(7)8/h6-9H,2-5H2,1H3/t6-,7+,8-,9+/m1/s1. The van der Waals surface area contributed by atoms with E-state index in [0.29, 0.717) is 24.6 Å². The monoisotopic (exact) mass is 169 g/mol. The van der Waals surface area contributed by atoms with E-state index in [1.807, 2.05) is 0 Å². The Bertz CT molecular complexity index is 197. The lowest BCUT2D eigenvalue weighted by atomic mass is 10.1. The van der Waals surface area contributed by atoms with E-state index >= 15 is 0 Å². The van der Waals surface area contributed by atoms with Crippen LogP contribution < -0.4 is 0 Å². The van der Waals surface area contributed by atoms with Gasteiger partial charge in [0.25, 0.3) is 0 Å². The highest BCUT2D eigenvalue weighted by molar-refractivity contribution is 4.94. The van der Waals surface area contributed by atoms with Crippen molar-refractivity contribution in [3.8, 4) is 0 Å². The fraction of sp³-hybridized carbons (Fsp3) is 1.00. The van der Waals surface area contributed by atoms with Crippen LogP contribution in [0.3, 0.4) is 0 Å². The summed E-state index contributed by atoms with van der Waals surface area (Å²) in [6.45, 7) is 3.04. The summed E-state index contributed by atoms with van der Waals surface area (Å²) in [5.74, 6) is 0. The van der Waals surface area contributed by atoms with E-state index in [4.69, 9.17) is 9.47 Å². The topological polar surface area (TPSA) is 21.7 Å². The van der Waals surface area contributed by atoms with Gasteiger partial charge in [-0.25, -0.2) is 4.90 Å². The third kappa shape index (κ3) is 0.817. The van der Waals surface area contributed by atoms with Crippen LogP contribution in [0.25, 0.3) is 0 Å². The van der Waals surface area contributed by atoms with E-state index in [9.17, 15) is 0 Å². The fourth-order valence-electron chi connectivity index (χ4n) is 2.70. The zero-order valence-corrected chi connectivity index (χ0v) is 7.40. The van der Waals surface area contributed by atoms with Crippen molar-refractivity contribution in [2.24, 2.45) is 0 Å². The lowest BCUT2D eigenvalue weighted by Crippen LogP contribution is -2.43. The highest BCUT2D eigenvalue weighted by Gasteiger charge is 2.49. The van der Waals surface area contributed by atoms with Gasteiger partial charge in [0.05, 0.1) is 18.8 Å². The molecule has 0 aromatic carbocycles. The summed E-state index contributed by atoms with van der Waals surface area (Å²) in [4.78, 5) is 2.44. The van der Waals surface area contributed by atoms with Gasteiger partial charge in [0.15, 0.2) is 0 Å². The molecule has 0 aliphatic carbocycles. The number of hydrogen-bond acceptors (Lipinski definition) is 3. The number of nitrogens with zero attached hydrogens (tertiary/aromatic N) is 1. The zero-order valence-electron chi connectivity index (χ0n) is 7.40. The van der Waals surface area contributed by atoms with Crippen molar-refractivity contribution in [2.75, 3.05) is 6.61 Å². The van der Waals surface area contributed by atoms with E-state index in [-0.39, 0.29) is 0 Å². The summed E-state index contributed by atoms with van der Waals surface area (Å²) in [5, 5.41) is 0. The van der Waals surface area contributed by atoms with Gasteiger partial charge < -0.3 is 9.47 Å². The Morgan fingerprint density at radius 1 is 1.25 bits per heavy atom. The first-order valence-corrected chi connectivity index (χ1v) is 4.91. The molecule has 3 aliphatic heterocycles. The van der Waals surface area contributed by atoms with Crippen LogP contribution in [0.1, 0.15) is 26.2 Å². The second-order valence-electron chi connectivity index (χ2n) is 4.03. The molecule has 3 nitrogen and oxygen atoms in total. The maximum Gasteiger partial charge on any atom is 0.113 e. The molecular weight excluding hydrogens is 154 g/mol. The van der Waals surface area contributed by atoms with Crippen LogP contribution in [0, 0.1) is 0 Å². The van der Waals surface area contributed by atoms with Crippen molar-refractivity contribution < 1.29 is 9.47 Å². The summed E-state index contributed by atoms with van der Waals surface area (Å²) >= 11 is 0. The Kier molecular flexibility index (Phi) is 1.48. The Hall–Kier alpha value is -0.120. The zero-order chi connectivity index (χ0) is 8.13. The molecular formula is C9H15NO2. The Balaban J connectivity index is 1.89. The van der Waals surface area contributed by atoms with Gasteiger partial charge in [-0.2, -0.15) is 0 Å². The number of hydrogen-bond donors (Lipinski definition) is 0. The lowest BCUT2D eigenvalue weighted by Gasteiger charge is -2.31. The van der Waals surface area contributed by atoms with Crippen LogP contribution in [0.5, 0.6) is 0 Å². The summed E-state index contributed by atoms with van der Waals surface area (Å²) in [6.07, 6.45) is 4.76. The molecule has 4 atom stereocenters. The smallest absolute Gasteiger partial charge is 0.113 e. The molecule has 0 unspecified atom stereocenters. The molecule has 12 heavy (non-hydrogen) atoms. The molecule has 3 saturated heterocycles. The van der Waals surface area contributed by atoms with Crippen molar-refractivity contribution in [3.05, 3.63) is 0 Å². The average Bonchev–Trinajstić information content (AvgIpc) is 2.60. The molecule has 3 heteroatoms. The first kappa shape index (κ1) is 7.30. The van der Waals surface area contributed by atoms with Gasteiger partial charge in [-0.05, 0) is 26.2 Å². The summed E-state index contributed by atoms with van der Waals surface area (Å²) < 4.78 is 11.6. The Morgan fingerprint density at radius 3 is 3.00 bits per heavy atom. The van der Waals surface area contributed by atoms with Crippen molar-refractivity contribution >= 4 is 0 Å². The largest absolute Gasteiger partial charge is 0.361 e. The van der Waals surface area contributed by atoms with Gasteiger partial charge in [0, 0.05) is 0 Å². The summed E-state index contributed by atoms with van der Waals surface area (Å²) in [5.41, 5.74) is 0. The van der Waals surface area contributed by atoms with Gasteiger partial charge in [0.2, 0.25) is 0 Å². The van der Waals surface area contributed by atoms with Crippen LogP contribution in [-0.2, 0) is 9.47 Å². The molecule has 0 N–H and O–H groups in total. The van der Waals surface area contributed by atoms with E-state index < -0.39 is 0 Å². The third-order valence-corrected chi connectivity index (χ3v) is 3.32. The predicted molar refractivity (Wildman–Crippen MR) is 43.6 cm³/mol. The minimum absolute atomic E-state index is 0.367. The summed E-state index contributed by atoms with van der Waals surface area (Å²) in [6, 6.07) is 0.542. The van der Waals surface area contributed by atoms with Gasteiger partial charge in [-0.3, -0.25) is 0 Å². The Labute approximate surface area is 72.6 Å². The maximum atomic E-state index is 5.85. The SMILES string of the molecule is C[C@H]1O[C@H]2CCC[C@H]3OC[C@@H]1N23. The normalized spacial score (nSPS) is 52.8. The van der Waals surface area contributed by atoms with Gasteiger partial charge in [0.1, 0.15) is 12.5 Å². The highest BCUT2D eigenvalue weighted by atomic mass is 16.6. The minimum Gasteiger partial charge on any atom is -0.361 e. The van der Waals surface area contributed by atoms with Crippen LogP contribution in [0.4, 0.5) is 0 Å². The van der Waals surface area contributed by atoms with Crippen LogP contribution >= 0.6 is 0 Å². The quantitative estimate of drug-likeness (QED) is 0.538. The summed E-state index contributed by atoms with van der Waals surface area (Å²) in [7, 11) is 0. The van der Waals surface area contributed by atoms with Gasteiger partial charge >= 0.3 is 0 Å². The van der Waals surface area contributed by atoms with Crippen molar-refractivity contribution in [3.63, 3.8) is 0 Å². The third-order valence-electron chi connectivity index (χ3n) is 3.32. The van der Waals surface area contributed by atoms with Gasteiger partial charge in [-0.1, -0.05) is 0 Å². The van der Waals surface area contributed by atoms with Crippen molar-refractivity contribution in [1.82, 2.24) is 4.90 Å². The molecule has 0 bridgehead atoms. The average molecular weight is 169 g/mol. The molecule has 0 spiro atoms. The lowest BCUT2D eigenvalue weighted by molar-refractivity contribution is -0.0969. The van der Waals surface area contributed by atoms with E-state index in [2.05, 4.69) is 11.8 Å². The fourth-order valence-corrected chi connectivity index (χ4v) is 2.70. The minimum atomic E-state index is 0.367. The second kappa shape index (κ2) is 2.44. The van der Waals surface area contributed by atoms with Crippen molar-refractivity contribution in [1.29, 1.82) is 0 Å². The maximum absolute atomic E-state index is 5.85. The second-order valence-corrected chi connectivity index (χ2v) is 4.03. The molecule has 0 radical (unpaired) electrons. The van der Waals surface area contributed by atoms with E-state index in [1.165, 1.54) is 19.3 Å². The van der Waals surface area contributed by atoms with E-state index in [1.54, 1.807) is 0 Å². The van der Waals surface area contributed by atoms with Crippen molar-refractivity contribution in [2.45, 2.75) is 50.8 Å². The highest BCUT2D eigenvalue weighted by Crippen LogP contribution is 2.38. The molecule has 3 heterocycles. The Morgan fingerprint density at radius 2 is 2.08 bits per heavy atom. The van der Waals surface area contributed by atoms with E-state index in [0.717, 1.165) is 6.61 Å². The number of ether oxygens (including phenoxy) is 2. The molecule has 0 aromatic rings. The van der Waals surface area contributed by atoms with Gasteiger partial charge in [-0.15, -0.1) is 0 Å². The number of piperidine rings is 1.